The minimum Gasteiger partial charge on any atom is -0.378 e. The predicted octanol–water partition coefficient (Wildman–Crippen LogP) is 3.59. The van der Waals surface area contributed by atoms with E-state index in [0.29, 0.717) is 0 Å². The van der Waals surface area contributed by atoms with Gasteiger partial charge in [0.2, 0.25) is 0 Å². The normalized spacial score (nSPS) is 20.6. The maximum Gasteiger partial charge on any atom is 0.254 e. The number of ether oxygens (including phenoxy) is 1. The maximum atomic E-state index is 13.1. The lowest BCUT2D eigenvalue weighted by Crippen LogP contribution is -2.39. The second-order valence-electron chi connectivity index (χ2n) is 7.38. The van der Waals surface area contributed by atoms with E-state index in [-0.39, 0.29) is 11.9 Å². The zero-order valence-corrected chi connectivity index (χ0v) is 15.9. The van der Waals surface area contributed by atoms with Gasteiger partial charge >= 0.3 is 0 Å². The van der Waals surface area contributed by atoms with Crippen LogP contribution in [0.5, 0.6) is 0 Å². The Morgan fingerprint density at radius 1 is 1.11 bits per heavy atom. The molecule has 0 bridgehead atoms. The Hall–Kier alpha value is -2.40. The standard InChI is InChI=1S/C22H27N3O2/c1-17-15-19(16-23-21(17)24-11-13-27-14-12-24)20-9-5-6-10-25(20)22(26)18-7-3-2-4-8-18/h2-4,7-8,15-16,20H,5-6,9-14H2,1H3/t20-/m0/s1. The molecule has 2 fully saturated rings. The van der Waals surface area contributed by atoms with Gasteiger partial charge in [0.1, 0.15) is 5.82 Å². The van der Waals surface area contributed by atoms with E-state index < -0.39 is 0 Å². The summed E-state index contributed by atoms with van der Waals surface area (Å²) in [6.07, 6.45) is 5.18. The summed E-state index contributed by atoms with van der Waals surface area (Å²) < 4.78 is 5.45. The van der Waals surface area contributed by atoms with Gasteiger partial charge in [0, 0.05) is 31.4 Å². The number of likely N-dealkylation sites (tertiary alicyclic amines) is 1. The van der Waals surface area contributed by atoms with Gasteiger partial charge in [-0.25, -0.2) is 4.98 Å². The highest BCUT2D eigenvalue weighted by Crippen LogP contribution is 2.33. The molecule has 0 aliphatic carbocycles. The van der Waals surface area contributed by atoms with Crippen molar-refractivity contribution in [2.45, 2.75) is 32.2 Å². The summed E-state index contributed by atoms with van der Waals surface area (Å²) in [5.41, 5.74) is 3.08. The molecule has 5 nitrogen and oxygen atoms in total. The Balaban J connectivity index is 1.58. The van der Waals surface area contributed by atoms with E-state index in [4.69, 9.17) is 9.72 Å². The monoisotopic (exact) mass is 365 g/mol. The molecule has 1 amide bonds. The lowest BCUT2D eigenvalue weighted by molar-refractivity contribution is 0.0611. The minimum atomic E-state index is 0.108. The van der Waals surface area contributed by atoms with Crippen LogP contribution in [0.2, 0.25) is 0 Å². The summed E-state index contributed by atoms with van der Waals surface area (Å²) in [5, 5.41) is 0. The smallest absolute Gasteiger partial charge is 0.254 e. The summed E-state index contributed by atoms with van der Waals surface area (Å²) >= 11 is 0. The third kappa shape index (κ3) is 3.83. The molecule has 0 unspecified atom stereocenters. The second-order valence-corrected chi connectivity index (χ2v) is 7.38. The number of benzene rings is 1. The molecule has 5 heteroatoms. The van der Waals surface area contributed by atoms with Crippen LogP contribution in [0.1, 0.15) is 46.8 Å². The molecule has 1 aromatic carbocycles. The van der Waals surface area contributed by atoms with Crippen molar-refractivity contribution in [3.8, 4) is 0 Å². The van der Waals surface area contributed by atoms with Gasteiger partial charge < -0.3 is 14.5 Å². The molecule has 0 spiro atoms. The fourth-order valence-corrected chi connectivity index (χ4v) is 4.15. The number of piperidine rings is 1. The molecule has 1 atom stereocenters. The Kier molecular flexibility index (Phi) is 5.39. The number of carbonyl (C=O) groups excluding carboxylic acids is 1. The first-order valence-electron chi connectivity index (χ1n) is 9.89. The van der Waals surface area contributed by atoms with Crippen LogP contribution in [0.25, 0.3) is 0 Å². The summed E-state index contributed by atoms with van der Waals surface area (Å²) in [7, 11) is 0. The van der Waals surface area contributed by atoms with E-state index in [0.717, 1.165) is 69.1 Å². The molecule has 27 heavy (non-hydrogen) atoms. The average molecular weight is 365 g/mol. The summed E-state index contributed by atoms with van der Waals surface area (Å²) in [6.45, 7) is 6.20. The molecule has 3 heterocycles. The van der Waals surface area contributed by atoms with Crippen molar-refractivity contribution in [2.75, 3.05) is 37.7 Å². The van der Waals surface area contributed by atoms with Crippen LogP contribution in [-0.2, 0) is 4.74 Å². The molecule has 2 aliphatic rings. The van der Waals surface area contributed by atoms with Crippen molar-refractivity contribution in [2.24, 2.45) is 0 Å². The summed E-state index contributed by atoms with van der Waals surface area (Å²) in [5.74, 6) is 1.16. The average Bonchev–Trinajstić information content (AvgIpc) is 2.74. The number of anilines is 1. The third-order valence-corrected chi connectivity index (χ3v) is 5.55. The highest BCUT2D eigenvalue weighted by atomic mass is 16.5. The van der Waals surface area contributed by atoms with Crippen LogP contribution < -0.4 is 4.90 Å². The number of morpholine rings is 1. The number of amides is 1. The molecule has 2 saturated heterocycles. The first-order valence-corrected chi connectivity index (χ1v) is 9.89. The number of pyridine rings is 1. The maximum absolute atomic E-state index is 13.1. The van der Waals surface area contributed by atoms with Crippen LogP contribution in [-0.4, -0.2) is 48.6 Å². The molecule has 1 aromatic heterocycles. The Bertz CT molecular complexity index is 787. The third-order valence-electron chi connectivity index (χ3n) is 5.55. The van der Waals surface area contributed by atoms with Crippen LogP contribution >= 0.6 is 0 Å². The number of hydrogen-bond acceptors (Lipinski definition) is 4. The highest BCUT2D eigenvalue weighted by molar-refractivity contribution is 5.94. The van der Waals surface area contributed by atoms with Crippen molar-refractivity contribution in [3.05, 3.63) is 59.3 Å². The van der Waals surface area contributed by atoms with Crippen molar-refractivity contribution in [1.82, 2.24) is 9.88 Å². The summed E-state index contributed by atoms with van der Waals surface area (Å²) in [4.78, 5) is 22.2. The number of hydrogen-bond donors (Lipinski definition) is 0. The highest BCUT2D eigenvalue weighted by Gasteiger charge is 2.29. The van der Waals surface area contributed by atoms with Crippen LogP contribution in [0.4, 0.5) is 5.82 Å². The lowest BCUT2D eigenvalue weighted by atomic mass is 9.94. The molecular weight excluding hydrogens is 338 g/mol. The molecular formula is C22H27N3O2. The van der Waals surface area contributed by atoms with Gasteiger partial charge in [0.25, 0.3) is 5.91 Å². The van der Waals surface area contributed by atoms with Gasteiger partial charge in [-0.1, -0.05) is 18.2 Å². The minimum absolute atomic E-state index is 0.108. The molecule has 142 valence electrons. The largest absolute Gasteiger partial charge is 0.378 e. The van der Waals surface area contributed by atoms with E-state index in [9.17, 15) is 4.79 Å². The van der Waals surface area contributed by atoms with Crippen molar-refractivity contribution < 1.29 is 9.53 Å². The number of rotatable bonds is 3. The van der Waals surface area contributed by atoms with E-state index in [2.05, 4.69) is 17.9 Å². The molecule has 0 saturated carbocycles. The first-order chi connectivity index (χ1) is 13.2. The van der Waals surface area contributed by atoms with Crippen molar-refractivity contribution in [3.63, 3.8) is 0 Å². The SMILES string of the molecule is Cc1cc([C@@H]2CCCCN2C(=O)c2ccccc2)cnc1N1CCOCC1. The van der Waals surface area contributed by atoms with E-state index in [1.165, 1.54) is 5.56 Å². The molecule has 2 aromatic rings. The molecule has 0 radical (unpaired) electrons. The number of nitrogens with zero attached hydrogens (tertiary/aromatic N) is 3. The lowest BCUT2D eigenvalue weighted by Gasteiger charge is -2.36. The fraction of sp³-hybridized carbons (Fsp3) is 0.455. The number of carbonyl (C=O) groups is 1. The molecule has 2 aliphatic heterocycles. The van der Waals surface area contributed by atoms with Crippen LogP contribution in [0.3, 0.4) is 0 Å². The van der Waals surface area contributed by atoms with Gasteiger partial charge in [-0.05, 0) is 55.5 Å². The molecule has 0 N–H and O–H groups in total. The quantitative estimate of drug-likeness (QED) is 0.834. The predicted molar refractivity (Wildman–Crippen MR) is 106 cm³/mol. The van der Waals surface area contributed by atoms with E-state index in [1.807, 2.05) is 41.4 Å². The number of aryl methyl sites for hydroxylation is 1. The first kappa shape index (κ1) is 18.0. The topological polar surface area (TPSA) is 45.7 Å². The fourth-order valence-electron chi connectivity index (χ4n) is 4.15. The van der Waals surface area contributed by atoms with E-state index >= 15 is 0 Å². The van der Waals surface area contributed by atoms with Gasteiger partial charge in [-0.2, -0.15) is 0 Å². The van der Waals surface area contributed by atoms with Crippen molar-refractivity contribution >= 4 is 11.7 Å². The zero-order chi connectivity index (χ0) is 18.6. The zero-order valence-electron chi connectivity index (χ0n) is 15.9. The number of aromatic nitrogens is 1. The Morgan fingerprint density at radius 2 is 1.89 bits per heavy atom. The van der Waals surface area contributed by atoms with Gasteiger partial charge in [-0.15, -0.1) is 0 Å². The van der Waals surface area contributed by atoms with Gasteiger partial charge in [0.15, 0.2) is 0 Å². The van der Waals surface area contributed by atoms with Gasteiger partial charge in [0.05, 0.1) is 19.3 Å². The van der Waals surface area contributed by atoms with E-state index in [1.54, 1.807) is 0 Å². The van der Waals surface area contributed by atoms with Crippen LogP contribution in [0, 0.1) is 6.92 Å². The Labute approximate surface area is 161 Å². The summed E-state index contributed by atoms with van der Waals surface area (Å²) in [6, 6.07) is 11.9. The second kappa shape index (κ2) is 8.09. The van der Waals surface area contributed by atoms with Gasteiger partial charge in [-0.3, -0.25) is 4.79 Å². The Morgan fingerprint density at radius 3 is 2.63 bits per heavy atom. The van der Waals surface area contributed by atoms with Crippen LogP contribution in [0.15, 0.2) is 42.6 Å². The molecule has 4 rings (SSSR count). The van der Waals surface area contributed by atoms with Crippen molar-refractivity contribution in [1.29, 1.82) is 0 Å².